The quantitative estimate of drug-likeness (QED) is 0.599. The van der Waals surface area contributed by atoms with Crippen LogP contribution in [0.4, 0.5) is 0 Å². The van der Waals surface area contributed by atoms with Crippen LogP contribution < -0.4 is 5.32 Å². The minimum absolute atomic E-state index is 0.145. The fourth-order valence-electron chi connectivity index (χ4n) is 2.66. The van der Waals surface area contributed by atoms with Crippen molar-refractivity contribution in [2.75, 3.05) is 20.3 Å². The zero-order valence-electron chi connectivity index (χ0n) is 12.9. The highest BCUT2D eigenvalue weighted by molar-refractivity contribution is 8.00. The van der Waals surface area contributed by atoms with Crippen molar-refractivity contribution >= 4 is 11.8 Å². The fraction of sp³-hybridized carbons (Fsp3) is 0.647. The van der Waals surface area contributed by atoms with E-state index in [9.17, 15) is 5.11 Å². The number of nitrogens with one attached hydrogen (secondary N) is 1. The van der Waals surface area contributed by atoms with E-state index in [1.54, 1.807) is 7.11 Å². The van der Waals surface area contributed by atoms with Gasteiger partial charge in [0, 0.05) is 30.3 Å². The van der Waals surface area contributed by atoms with E-state index in [1.807, 2.05) is 11.8 Å². The molecule has 0 aromatic heterocycles. The standard InChI is InChI=1S/C17H27NO2S/c1-20-12-11-18-13-14-7-9-15(10-8-14)21-17-6-4-2-3-5-16(17)19/h7-10,16-19H,2-6,11-13H2,1H3. The number of methoxy groups -OCH3 is 1. The summed E-state index contributed by atoms with van der Waals surface area (Å²) < 4.78 is 5.01. The summed E-state index contributed by atoms with van der Waals surface area (Å²) in [4.78, 5) is 1.27. The maximum atomic E-state index is 10.2. The van der Waals surface area contributed by atoms with E-state index < -0.39 is 0 Å². The average Bonchev–Trinajstić information content (AvgIpc) is 2.70. The van der Waals surface area contributed by atoms with Crippen molar-refractivity contribution in [2.24, 2.45) is 0 Å². The molecule has 3 nitrogen and oxygen atoms in total. The van der Waals surface area contributed by atoms with Crippen LogP contribution in [0.25, 0.3) is 0 Å². The summed E-state index contributed by atoms with van der Waals surface area (Å²) in [6.07, 6.45) is 5.62. The summed E-state index contributed by atoms with van der Waals surface area (Å²) in [5, 5.41) is 13.9. The van der Waals surface area contributed by atoms with Gasteiger partial charge in [0.1, 0.15) is 0 Å². The second-order valence-corrected chi connectivity index (χ2v) is 6.99. The van der Waals surface area contributed by atoms with E-state index in [-0.39, 0.29) is 6.10 Å². The molecule has 1 aliphatic rings. The second-order valence-electron chi connectivity index (χ2n) is 5.68. The molecule has 1 aromatic rings. The Hall–Kier alpha value is -0.550. The molecular formula is C17H27NO2S. The van der Waals surface area contributed by atoms with Crippen LogP contribution in [0.3, 0.4) is 0 Å². The van der Waals surface area contributed by atoms with Gasteiger partial charge in [-0.15, -0.1) is 11.8 Å². The number of hydrogen-bond acceptors (Lipinski definition) is 4. The molecule has 0 bridgehead atoms. The van der Waals surface area contributed by atoms with Gasteiger partial charge in [-0.3, -0.25) is 0 Å². The molecule has 118 valence electrons. The molecule has 2 rings (SSSR count). The van der Waals surface area contributed by atoms with Crippen LogP contribution in [0.15, 0.2) is 29.2 Å². The number of aliphatic hydroxyl groups excluding tert-OH is 1. The molecule has 0 spiro atoms. The molecule has 1 saturated carbocycles. The van der Waals surface area contributed by atoms with Gasteiger partial charge in [-0.25, -0.2) is 0 Å². The number of aliphatic hydroxyl groups is 1. The topological polar surface area (TPSA) is 41.5 Å². The van der Waals surface area contributed by atoms with Crippen molar-refractivity contribution in [3.63, 3.8) is 0 Å². The molecule has 1 fully saturated rings. The first-order chi connectivity index (χ1) is 10.3. The van der Waals surface area contributed by atoms with E-state index in [1.165, 1.54) is 29.7 Å². The molecule has 4 heteroatoms. The van der Waals surface area contributed by atoms with Crippen LogP contribution in [0.5, 0.6) is 0 Å². The van der Waals surface area contributed by atoms with Crippen molar-refractivity contribution in [2.45, 2.75) is 54.9 Å². The number of benzene rings is 1. The van der Waals surface area contributed by atoms with Crippen LogP contribution in [0.2, 0.25) is 0 Å². The zero-order valence-corrected chi connectivity index (χ0v) is 13.7. The lowest BCUT2D eigenvalue weighted by Crippen LogP contribution is -2.21. The predicted molar refractivity (Wildman–Crippen MR) is 88.8 cm³/mol. The maximum absolute atomic E-state index is 10.2. The van der Waals surface area contributed by atoms with Crippen LogP contribution in [-0.4, -0.2) is 36.7 Å². The van der Waals surface area contributed by atoms with Gasteiger partial charge in [-0.2, -0.15) is 0 Å². The van der Waals surface area contributed by atoms with E-state index >= 15 is 0 Å². The summed E-state index contributed by atoms with van der Waals surface area (Å²) in [5.41, 5.74) is 1.29. The monoisotopic (exact) mass is 309 g/mol. The first-order valence-electron chi connectivity index (χ1n) is 7.93. The third kappa shape index (κ3) is 5.99. The van der Waals surface area contributed by atoms with Crippen LogP contribution >= 0.6 is 11.8 Å². The molecule has 0 saturated heterocycles. The highest BCUT2D eigenvalue weighted by atomic mass is 32.2. The van der Waals surface area contributed by atoms with E-state index in [0.29, 0.717) is 5.25 Å². The molecule has 1 aromatic carbocycles. The lowest BCUT2D eigenvalue weighted by atomic mass is 10.1. The highest BCUT2D eigenvalue weighted by Gasteiger charge is 2.22. The van der Waals surface area contributed by atoms with Gasteiger partial charge >= 0.3 is 0 Å². The van der Waals surface area contributed by atoms with E-state index in [2.05, 4.69) is 29.6 Å². The predicted octanol–water partition coefficient (Wildman–Crippen LogP) is 3.21. The van der Waals surface area contributed by atoms with Crippen molar-refractivity contribution in [1.82, 2.24) is 5.32 Å². The molecule has 0 radical (unpaired) electrons. The minimum Gasteiger partial charge on any atom is -0.392 e. The number of thioether (sulfide) groups is 1. The molecule has 2 N–H and O–H groups in total. The summed E-state index contributed by atoms with van der Waals surface area (Å²) in [7, 11) is 1.72. The Labute approximate surface area is 132 Å². The summed E-state index contributed by atoms with van der Waals surface area (Å²) >= 11 is 1.84. The van der Waals surface area contributed by atoms with Gasteiger partial charge in [0.25, 0.3) is 0 Å². The van der Waals surface area contributed by atoms with Gasteiger partial charge in [0.2, 0.25) is 0 Å². The number of rotatable bonds is 7. The Morgan fingerprint density at radius 2 is 1.95 bits per heavy atom. The lowest BCUT2D eigenvalue weighted by Gasteiger charge is -2.19. The Kier molecular flexibility index (Phi) is 7.58. The van der Waals surface area contributed by atoms with Crippen LogP contribution in [0, 0.1) is 0 Å². The molecule has 2 unspecified atom stereocenters. The minimum atomic E-state index is -0.145. The molecule has 0 heterocycles. The zero-order chi connectivity index (χ0) is 14.9. The molecule has 21 heavy (non-hydrogen) atoms. The third-order valence-electron chi connectivity index (χ3n) is 3.94. The van der Waals surface area contributed by atoms with Crippen molar-refractivity contribution in [1.29, 1.82) is 0 Å². The number of ether oxygens (including phenoxy) is 1. The fourth-order valence-corrected chi connectivity index (χ4v) is 3.88. The van der Waals surface area contributed by atoms with Crippen LogP contribution in [0.1, 0.15) is 37.7 Å². The number of hydrogen-bond donors (Lipinski definition) is 2. The van der Waals surface area contributed by atoms with Crippen LogP contribution in [-0.2, 0) is 11.3 Å². The van der Waals surface area contributed by atoms with Crippen molar-refractivity contribution in [3.05, 3.63) is 29.8 Å². The largest absolute Gasteiger partial charge is 0.392 e. The lowest BCUT2D eigenvalue weighted by molar-refractivity contribution is 0.163. The SMILES string of the molecule is COCCNCc1ccc(SC2CCCCCC2O)cc1. The molecular weight excluding hydrogens is 282 g/mol. The van der Waals surface area contributed by atoms with Gasteiger partial charge in [-0.1, -0.05) is 31.4 Å². The Morgan fingerprint density at radius 1 is 1.19 bits per heavy atom. The van der Waals surface area contributed by atoms with Gasteiger partial charge in [-0.05, 0) is 30.5 Å². The van der Waals surface area contributed by atoms with E-state index in [4.69, 9.17) is 4.74 Å². The maximum Gasteiger partial charge on any atom is 0.0662 e. The third-order valence-corrected chi connectivity index (χ3v) is 5.34. The Morgan fingerprint density at radius 3 is 2.71 bits per heavy atom. The normalized spacial score (nSPS) is 23.0. The summed E-state index contributed by atoms with van der Waals surface area (Å²) in [5.74, 6) is 0. The van der Waals surface area contributed by atoms with E-state index in [0.717, 1.165) is 32.5 Å². The van der Waals surface area contributed by atoms with Gasteiger partial charge in [0.15, 0.2) is 0 Å². The average molecular weight is 309 g/mol. The highest BCUT2D eigenvalue weighted by Crippen LogP contribution is 2.33. The van der Waals surface area contributed by atoms with Crippen molar-refractivity contribution < 1.29 is 9.84 Å². The molecule has 0 aliphatic heterocycles. The summed E-state index contributed by atoms with van der Waals surface area (Å²) in [6.45, 7) is 2.50. The first kappa shape index (κ1) is 16.8. The Balaban J connectivity index is 1.81. The summed E-state index contributed by atoms with van der Waals surface area (Å²) in [6, 6.07) is 8.70. The first-order valence-corrected chi connectivity index (χ1v) is 8.81. The molecule has 0 amide bonds. The van der Waals surface area contributed by atoms with Gasteiger partial charge in [0.05, 0.1) is 12.7 Å². The molecule has 1 aliphatic carbocycles. The second kappa shape index (κ2) is 9.46. The Bertz CT molecular complexity index is 396. The van der Waals surface area contributed by atoms with Crippen molar-refractivity contribution in [3.8, 4) is 0 Å². The molecule has 2 atom stereocenters. The smallest absolute Gasteiger partial charge is 0.0662 e. The van der Waals surface area contributed by atoms with Gasteiger partial charge < -0.3 is 15.2 Å².